The van der Waals surface area contributed by atoms with Gasteiger partial charge in [0.05, 0.1) is 29.0 Å². The number of anilines is 1. The van der Waals surface area contributed by atoms with Gasteiger partial charge in [-0.3, -0.25) is 9.89 Å². The number of urea groups is 1. The molecule has 0 spiro atoms. The molecule has 1 aromatic heterocycles. The second kappa shape index (κ2) is 6.15. The van der Waals surface area contributed by atoms with E-state index in [4.69, 9.17) is 5.11 Å². The van der Waals surface area contributed by atoms with Crippen molar-refractivity contribution in [2.45, 2.75) is 57.9 Å². The van der Waals surface area contributed by atoms with Crippen LogP contribution in [0.25, 0.3) is 0 Å². The van der Waals surface area contributed by atoms with Gasteiger partial charge in [-0.05, 0) is 26.7 Å². The first-order chi connectivity index (χ1) is 9.92. The third kappa shape index (κ3) is 3.74. The topological polar surface area (TPSA) is 107 Å². The minimum atomic E-state index is -0.882. The summed E-state index contributed by atoms with van der Waals surface area (Å²) < 4.78 is 0. The summed E-state index contributed by atoms with van der Waals surface area (Å²) in [4.78, 5) is 23.3. The fourth-order valence-corrected chi connectivity index (χ4v) is 2.98. The van der Waals surface area contributed by atoms with Crippen LogP contribution in [-0.2, 0) is 4.79 Å². The summed E-state index contributed by atoms with van der Waals surface area (Å²) in [6.07, 6.45) is 4.34. The van der Waals surface area contributed by atoms with Crippen molar-refractivity contribution in [3.63, 3.8) is 0 Å². The minimum absolute atomic E-state index is 0.0379. The second-order valence-corrected chi connectivity index (χ2v) is 5.80. The normalized spacial score (nSPS) is 17.2. The number of carboxylic acids is 1. The van der Waals surface area contributed by atoms with Crippen LogP contribution in [0.4, 0.5) is 10.5 Å². The number of carboxylic acid groups (broad SMARTS) is 1. The average Bonchev–Trinajstić information content (AvgIpc) is 2.70. The Morgan fingerprint density at radius 2 is 1.95 bits per heavy atom. The molecule has 1 aliphatic rings. The molecule has 0 aliphatic heterocycles. The van der Waals surface area contributed by atoms with Gasteiger partial charge in [-0.1, -0.05) is 19.3 Å². The maximum Gasteiger partial charge on any atom is 0.319 e. The molecule has 0 unspecified atom stereocenters. The molecule has 21 heavy (non-hydrogen) atoms. The van der Waals surface area contributed by atoms with Crippen molar-refractivity contribution in [1.82, 2.24) is 15.5 Å². The standard InChI is InChI=1S/C14H22N4O3/c1-9-12(10(2)18-17-9)15-13(21)16-14(8-11(19)20)6-4-3-5-7-14/h3-8H2,1-2H3,(H,17,18)(H,19,20)(H2,15,16,21). The summed E-state index contributed by atoms with van der Waals surface area (Å²) in [7, 11) is 0. The lowest BCUT2D eigenvalue weighted by molar-refractivity contribution is -0.139. The molecular weight excluding hydrogens is 272 g/mol. The fraction of sp³-hybridized carbons (Fsp3) is 0.643. The van der Waals surface area contributed by atoms with Crippen molar-refractivity contribution in [1.29, 1.82) is 0 Å². The van der Waals surface area contributed by atoms with E-state index in [1.165, 1.54) is 0 Å². The Labute approximate surface area is 123 Å². The highest BCUT2D eigenvalue weighted by molar-refractivity contribution is 5.91. The number of hydrogen-bond donors (Lipinski definition) is 4. The van der Waals surface area contributed by atoms with Crippen LogP contribution in [-0.4, -0.2) is 32.8 Å². The Balaban J connectivity index is 2.06. The molecule has 0 aromatic carbocycles. The zero-order valence-corrected chi connectivity index (χ0v) is 12.5. The molecule has 7 heteroatoms. The summed E-state index contributed by atoms with van der Waals surface area (Å²) in [6.45, 7) is 3.62. The zero-order chi connectivity index (χ0) is 15.5. The monoisotopic (exact) mass is 294 g/mol. The van der Waals surface area contributed by atoms with E-state index in [-0.39, 0.29) is 12.5 Å². The Bertz CT molecular complexity index is 513. The molecule has 1 fully saturated rings. The fourth-order valence-electron chi connectivity index (χ4n) is 2.98. The number of carbonyl (C=O) groups excluding carboxylic acids is 1. The van der Waals surface area contributed by atoms with E-state index in [0.29, 0.717) is 24.2 Å². The van der Waals surface area contributed by atoms with Crippen LogP contribution < -0.4 is 10.6 Å². The van der Waals surface area contributed by atoms with Gasteiger partial charge in [0.25, 0.3) is 0 Å². The van der Waals surface area contributed by atoms with Crippen molar-refractivity contribution in [2.24, 2.45) is 0 Å². The number of hydrogen-bond acceptors (Lipinski definition) is 3. The quantitative estimate of drug-likeness (QED) is 0.683. The van der Waals surface area contributed by atoms with Gasteiger partial charge < -0.3 is 15.7 Å². The van der Waals surface area contributed by atoms with Crippen molar-refractivity contribution in [2.75, 3.05) is 5.32 Å². The lowest BCUT2D eigenvalue weighted by atomic mass is 9.79. The molecule has 2 rings (SSSR count). The van der Waals surface area contributed by atoms with Crippen LogP contribution in [0.2, 0.25) is 0 Å². The van der Waals surface area contributed by atoms with Crippen molar-refractivity contribution >= 4 is 17.7 Å². The van der Waals surface area contributed by atoms with Gasteiger partial charge in [-0.15, -0.1) is 0 Å². The summed E-state index contributed by atoms with van der Waals surface area (Å²) in [5, 5.41) is 21.6. The molecular formula is C14H22N4O3. The highest BCUT2D eigenvalue weighted by atomic mass is 16.4. The number of aliphatic carboxylic acids is 1. The highest BCUT2D eigenvalue weighted by Gasteiger charge is 2.36. The molecule has 1 heterocycles. The molecule has 4 N–H and O–H groups in total. The van der Waals surface area contributed by atoms with E-state index in [2.05, 4.69) is 20.8 Å². The Morgan fingerprint density at radius 1 is 1.29 bits per heavy atom. The third-order valence-corrected chi connectivity index (χ3v) is 4.05. The van der Waals surface area contributed by atoms with Crippen LogP contribution in [0.1, 0.15) is 49.9 Å². The minimum Gasteiger partial charge on any atom is -0.481 e. The van der Waals surface area contributed by atoms with Crippen molar-refractivity contribution < 1.29 is 14.7 Å². The molecule has 7 nitrogen and oxygen atoms in total. The predicted molar refractivity (Wildman–Crippen MR) is 78.3 cm³/mol. The number of nitrogens with zero attached hydrogens (tertiary/aromatic N) is 1. The molecule has 0 radical (unpaired) electrons. The van der Waals surface area contributed by atoms with Crippen LogP contribution in [0.15, 0.2) is 0 Å². The number of aromatic amines is 1. The molecule has 0 saturated heterocycles. The second-order valence-electron chi connectivity index (χ2n) is 5.80. The first kappa shape index (κ1) is 15.3. The summed E-state index contributed by atoms with van der Waals surface area (Å²) in [6, 6.07) is -0.370. The number of aryl methyl sites for hydroxylation is 2. The van der Waals surface area contributed by atoms with Crippen LogP contribution in [0.5, 0.6) is 0 Å². The van der Waals surface area contributed by atoms with E-state index in [1.807, 2.05) is 6.92 Å². The van der Waals surface area contributed by atoms with E-state index >= 15 is 0 Å². The summed E-state index contributed by atoms with van der Waals surface area (Å²) in [5.74, 6) is -0.882. The van der Waals surface area contributed by atoms with Crippen molar-refractivity contribution in [3.8, 4) is 0 Å². The van der Waals surface area contributed by atoms with Gasteiger partial charge in [-0.25, -0.2) is 4.79 Å². The van der Waals surface area contributed by atoms with Gasteiger partial charge in [0.2, 0.25) is 0 Å². The van der Waals surface area contributed by atoms with Gasteiger partial charge in [0.15, 0.2) is 0 Å². The lowest BCUT2D eigenvalue weighted by Gasteiger charge is -2.36. The van der Waals surface area contributed by atoms with Crippen LogP contribution in [0.3, 0.4) is 0 Å². The lowest BCUT2D eigenvalue weighted by Crippen LogP contribution is -2.52. The zero-order valence-electron chi connectivity index (χ0n) is 12.5. The average molecular weight is 294 g/mol. The number of aromatic nitrogens is 2. The largest absolute Gasteiger partial charge is 0.481 e. The molecule has 1 aliphatic carbocycles. The predicted octanol–water partition coefficient (Wildman–Crippen LogP) is 2.33. The first-order valence-electron chi connectivity index (χ1n) is 7.24. The number of rotatable bonds is 4. The van der Waals surface area contributed by atoms with E-state index < -0.39 is 11.5 Å². The summed E-state index contributed by atoms with van der Waals surface area (Å²) >= 11 is 0. The van der Waals surface area contributed by atoms with Crippen LogP contribution >= 0.6 is 0 Å². The molecule has 2 amide bonds. The number of nitrogens with one attached hydrogen (secondary N) is 3. The van der Waals surface area contributed by atoms with Crippen molar-refractivity contribution in [3.05, 3.63) is 11.4 Å². The Morgan fingerprint density at radius 3 is 2.48 bits per heavy atom. The maximum atomic E-state index is 12.2. The SMILES string of the molecule is Cc1n[nH]c(C)c1NC(=O)NC1(CC(=O)O)CCCCC1. The van der Waals surface area contributed by atoms with Crippen LogP contribution in [0, 0.1) is 13.8 Å². The van der Waals surface area contributed by atoms with E-state index in [0.717, 1.165) is 25.0 Å². The third-order valence-electron chi connectivity index (χ3n) is 4.05. The molecule has 116 valence electrons. The van der Waals surface area contributed by atoms with E-state index in [9.17, 15) is 9.59 Å². The molecule has 0 atom stereocenters. The number of H-pyrrole nitrogens is 1. The number of amides is 2. The highest BCUT2D eigenvalue weighted by Crippen LogP contribution is 2.31. The number of carbonyl (C=O) groups is 2. The van der Waals surface area contributed by atoms with Gasteiger partial charge in [0, 0.05) is 0 Å². The Hall–Kier alpha value is -2.05. The van der Waals surface area contributed by atoms with Gasteiger partial charge in [-0.2, -0.15) is 5.10 Å². The van der Waals surface area contributed by atoms with Gasteiger partial charge in [0.1, 0.15) is 0 Å². The van der Waals surface area contributed by atoms with Gasteiger partial charge >= 0.3 is 12.0 Å². The Kier molecular flexibility index (Phi) is 4.50. The molecule has 0 bridgehead atoms. The molecule has 1 aromatic rings. The maximum absolute atomic E-state index is 12.2. The summed E-state index contributed by atoms with van der Waals surface area (Å²) in [5.41, 5.74) is 1.49. The smallest absolute Gasteiger partial charge is 0.319 e. The molecule has 1 saturated carbocycles. The van der Waals surface area contributed by atoms with E-state index in [1.54, 1.807) is 6.92 Å². The first-order valence-corrected chi connectivity index (χ1v) is 7.24.